The van der Waals surface area contributed by atoms with E-state index in [-0.39, 0.29) is 4.90 Å². The Morgan fingerprint density at radius 2 is 1.88 bits per heavy atom. The second-order valence-corrected chi connectivity index (χ2v) is 5.33. The minimum Gasteiger partial charge on any atom is -0.459 e. The molecule has 0 fully saturated rings. The lowest BCUT2D eigenvalue weighted by molar-refractivity contribution is -0.143. The van der Waals surface area contributed by atoms with Crippen molar-refractivity contribution in [2.45, 2.75) is 24.8 Å². The fourth-order valence-corrected chi connectivity index (χ4v) is 2.33. The molecule has 0 aliphatic rings. The van der Waals surface area contributed by atoms with Crippen LogP contribution in [-0.4, -0.2) is 20.5 Å². The molecule has 0 bridgehead atoms. The van der Waals surface area contributed by atoms with Crippen molar-refractivity contribution in [3.8, 4) is 0 Å². The molecule has 0 amide bonds. The summed E-state index contributed by atoms with van der Waals surface area (Å²) < 4.78 is 28.4. The second kappa shape index (κ2) is 5.63. The van der Waals surface area contributed by atoms with E-state index in [2.05, 4.69) is 0 Å². The summed E-state index contributed by atoms with van der Waals surface area (Å²) in [4.78, 5) is 10.9. The third-order valence-corrected chi connectivity index (χ3v) is 3.40. The first-order valence-corrected chi connectivity index (χ1v) is 6.62. The Morgan fingerprint density at radius 3 is 2.41 bits per heavy atom. The zero-order chi connectivity index (χ0) is 12.9. The number of carbonyl (C=O) groups excluding carboxylic acids is 1. The number of carbonyl (C=O) groups is 1. The van der Waals surface area contributed by atoms with Crippen LogP contribution in [0.3, 0.4) is 0 Å². The molecule has 0 saturated heterocycles. The molecule has 0 aliphatic carbocycles. The van der Waals surface area contributed by atoms with Crippen LogP contribution in [0.2, 0.25) is 0 Å². The molecule has 1 rings (SSSR count). The topological polar surface area (TPSA) is 60.4 Å². The fourth-order valence-electron chi connectivity index (χ4n) is 1.20. The zero-order valence-electron chi connectivity index (χ0n) is 9.66. The van der Waals surface area contributed by atoms with Gasteiger partial charge in [0.15, 0.2) is 9.84 Å². The van der Waals surface area contributed by atoms with Crippen LogP contribution >= 0.6 is 0 Å². The van der Waals surface area contributed by atoms with Crippen LogP contribution < -0.4 is 0 Å². The van der Waals surface area contributed by atoms with E-state index in [1.54, 1.807) is 25.1 Å². The lowest BCUT2D eigenvalue weighted by Gasteiger charge is -2.06. The molecule has 0 N–H and O–H groups in total. The third-order valence-electron chi connectivity index (χ3n) is 1.95. The van der Waals surface area contributed by atoms with E-state index in [1.165, 1.54) is 25.1 Å². The normalized spacial score (nSPS) is 13.5. The molecule has 92 valence electrons. The van der Waals surface area contributed by atoms with Gasteiger partial charge in [-0.25, -0.2) is 8.42 Å². The van der Waals surface area contributed by atoms with Gasteiger partial charge in [0.1, 0.15) is 6.10 Å². The van der Waals surface area contributed by atoms with Gasteiger partial charge in [0.2, 0.25) is 0 Å². The summed E-state index contributed by atoms with van der Waals surface area (Å²) in [7, 11) is -3.46. The molecule has 0 saturated carbocycles. The Bertz CT molecular complexity index is 503. The quantitative estimate of drug-likeness (QED) is 0.770. The number of benzene rings is 1. The van der Waals surface area contributed by atoms with Crippen molar-refractivity contribution >= 4 is 15.8 Å². The Kier molecular flexibility index (Phi) is 4.45. The lowest BCUT2D eigenvalue weighted by Crippen LogP contribution is -2.09. The number of hydrogen-bond acceptors (Lipinski definition) is 4. The van der Waals surface area contributed by atoms with Gasteiger partial charge in [0.05, 0.1) is 4.90 Å². The second-order valence-electron chi connectivity index (χ2n) is 3.50. The molecule has 0 aromatic heterocycles. The number of sulfone groups is 1. The highest BCUT2D eigenvalue weighted by Gasteiger charge is 2.10. The average molecular weight is 254 g/mol. The van der Waals surface area contributed by atoms with Crippen LogP contribution in [0, 0.1) is 0 Å². The molecule has 0 radical (unpaired) electrons. The predicted octanol–water partition coefficient (Wildman–Crippen LogP) is 1.93. The summed E-state index contributed by atoms with van der Waals surface area (Å²) in [6.07, 6.45) is 0.773. The smallest absolute Gasteiger partial charge is 0.303 e. The summed E-state index contributed by atoms with van der Waals surface area (Å²) in [5.74, 6) is -0.445. The van der Waals surface area contributed by atoms with Gasteiger partial charge in [-0.1, -0.05) is 18.2 Å². The molecule has 17 heavy (non-hydrogen) atoms. The maximum atomic E-state index is 11.8. The average Bonchev–Trinajstić information content (AvgIpc) is 2.27. The van der Waals surface area contributed by atoms with Gasteiger partial charge in [0.25, 0.3) is 0 Å². The van der Waals surface area contributed by atoms with E-state index in [4.69, 9.17) is 4.74 Å². The van der Waals surface area contributed by atoms with Crippen LogP contribution in [0.4, 0.5) is 0 Å². The number of hydrogen-bond donors (Lipinski definition) is 0. The van der Waals surface area contributed by atoms with E-state index in [0.717, 1.165) is 5.41 Å². The van der Waals surface area contributed by atoms with Gasteiger partial charge in [0, 0.05) is 12.3 Å². The Morgan fingerprint density at radius 1 is 1.29 bits per heavy atom. The summed E-state index contributed by atoms with van der Waals surface area (Å²) in [5.41, 5.74) is 0. The summed E-state index contributed by atoms with van der Waals surface area (Å²) >= 11 is 0. The maximum absolute atomic E-state index is 11.8. The van der Waals surface area contributed by atoms with Gasteiger partial charge >= 0.3 is 5.97 Å². The summed E-state index contributed by atoms with van der Waals surface area (Å²) in [6, 6.07) is 8.06. The van der Waals surface area contributed by atoms with E-state index in [1.807, 2.05) is 0 Å². The molecule has 1 aromatic rings. The molecular formula is C12H14O4S. The van der Waals surface area contributed by atoms with Crippen LogP contribution in [0.25, 0.3) is 0 Å². The van der Waals surface area contributed by atoms with E-state index >= 15 is 0 Å². The van der Waals surface area contributed by atoms with Crippen molar-refractivity contribution in [2.24, 2.45) is 0 Å². The van der Waals surface area contributed by atoms with Crippen molar-refractivity contribution < 1.29 is 17.9 Å². The van der Waals surface area contributed by atoms with Crippen LogP contribution in [0.1, 0.15) is 13.8 Å². The molecule has 4 nitrogen and oxygen atoms in total. The van der Waals surface area contributed by atoms with Gasteiger partial charge in [-0.15, -0.1) is 0 Å². The monoisotopic (exact) mass is 254 g/mol. The van der Waals surface area contributed by atoms with Crippen molar-refractivity contribution in [3.63, 3.8) is 0 Å². The highest BCUT2D eigenvalue weighted by atomic mass is 32.2. The standard InChI is InChI=1S/C12H14O4S/c1-10(16-11(2)13)8-9-17(14,15)12-6-4-3-5-7-12/h3-10H,1-2H3/b9-8+/t10-/m0/s1. The number of esters is 1. The van der Waals surface area contributed by atoms with E-state index in [9.17, 15) is 13.2 Å². The van der Waals surface area contributed by atoms with Gasteiger partial charge < -0.3 is 4.74 Å². The first-order chi connectivity index (χ1) is 7.92. The molecule has 1 atom stereocenters. The number of ether oxygens (including phenoxy) is 1. The van der Waals surface area contributed by atoms with Crippen molar-refractivity contribution in [1.29, 1.82) is 0 Å². The Balaban J connectivity index is 2.81. The summed E-state index contributed by atoms with van der Waals surface area (Å²) in [6.45, 7) is 2.87. The van der Waals surface area contributed by atoms with Crippen molar-refractivity contribution in [3.05, 3.63) is 41.8 Å². The molecule has 0 spiro atoms. The highest BCUT2D eigenvalue weighted by Crippen LogP contribution is 2.11. The lowest BCUT2D eigenvalue weighted by atomic mass is 10.4. The number of rotatable bonds is 4. The van der Waals surface area contributed by atoms with Crippen LogP contribution in [-0.2, 0) is 19.4 Å². The van der Waals surface area contributed by atoms with Gasteiger partial charge in [-0.2, -0.15) is 0 Å². The predicted molar refractivity (Wildman–Crippen MR) is 64.0 cm³/mol. The molecule has 0 aliphatic heterocycles. The molecule has 0 unspecified atom stereocenters. The fraction of sp³-hybridized carbons (Fsp3) is 0.250. The molecule has 1 aromatic carbocycles. The van der Waals surface area contributed by atoms with E-state index in [0.29, 0.717) is 0 Å². The SMILES string of the molecule is CC(=O)O[C@@H](C)/C=C/S(=O)(=O)c1ccccc1. The van der Waals surface area contributed by atoms with Gasteiger partial charge in [-0.05, 0) is 25.1 Å². The minimum atomic E-state index is -3.46. The third kappa shape index (κ3) is 4.40. The van der Waals surface area contributed by atoms with E-state index < -0.39 is 21.9 Å². The molecule has 0 heterocycles. The minimum absolute atomic E-state index is 0.214. The van der Waals surface area contributed by atoms with Crippen LogP contribution in [0.15, 0.2) is 46.7 Å². The first-order valence-electron chi connectivity index (χ1n) is 5.07. The Hall–Kier alpha value is -1.62. The van der Waals surface area contributed by atoms with Crippen LogP contribution in [0.5, 0.6) is 0 Å². The molecular weight excluding hydrogens is 240 g/mol. The first kappa shape index (κ1) is 13.4. The largest absolute Gasteiger partial charge is 0.459 e. The Labute approximate surface area is 101 Å². The zero-order valence-corrected chi connectivity index (χ0v) is 10.5. The highest BCUT2D eigenvalue weighted by molar-refractivity contribution is 7.94. The van der Waals surface area contributed by atoms with Crippen molar-refractivity contribution in [2.75, 3.05) is 0 Å². The maximum Gasteiger partial charge on any atom is 0.303 e. The van der Waals surface area contributed by atoms with Gasteiger partial charge in [-0.3, -0.25) is 4.79 Å². The summed E-state index contributed by atoms with van der Waals surface area (Å²) in [5, 5.41) is 1.05. The van der Waals surface area contributed by atoms with Crippen molar-refractivity contribution in [1.82, 2.24) is 0 Å². The molecule has 5 heteroatoms.